The van der Waals surface area contributed by atoms with Crippen LogP contribution in [0.3, 0.4) is 0 Å². The average Bonchev–Trinajstić information content (AvgIpc) is 2.37. The third kappa shape index (κ3) is 6.01. The Morgan fingerprint density at radius 3 is 2.74 bits per heavy atom. The van der Waals surface area contributed by atoms with Crippen molar-refractivity contribution in [3.8, 4) is 0 Å². The van der Waals surface area contributed by atoms with E-state index in [2.05, 4.69) is 26.0 Å². The largest absolute Gasteiger partial charge is 0.320 e. The first-order chi connectivity index (χ1) is 8.95. The van der Waals surface area contributed by atoms with Gasteiger partial charge in [-0.3, -0.25) is 0 Å². The predicted octanol–water partition coefficient (Wildman–Crippen LogP) is 1.32. The summed E-state index contributed by atoms with van der Waals surface area (Å²) in [6, 6.07) is 7.56. The number of rotatable bonds is 8. The lowest BCUT2D eigenvalue weighted by Gasteiger charge is -2.17. The summed E-state index contributed by atoms with van der Waals surface area (Å²) in [7, 11) is 0.0179. The van der Waals surface area contributed by atoms with Gasteiger partial charge in [-0.1, -0.05) is 28.1 Å². The summed E-state index contributed by atoms with van der Waals surface area (Å²) in [6.45, 7) is 1.58. The van der Waals surface area contributed by atoms with Crippen LogP contribution in [0.15, 0.2) is 28.7 Å². The Labute approximate surface area is 123 Å². The zero-order valence-electron chi connectivity index (χ0n) is 11.2. The Morgan fingerprint density at radius 1 is 1.37 bits per heavy atom. The normalized spacial score (nSPS) is 12.0. The fourth-order valence-electron chi connectivity index (χ4n) is 1.53. The van der Waals surface area contributed by atoms with Gasteiger partial charge in [0, 0.05) is 24.6 Å². The number of nitrogens with one attached hydrogen (secondary N) is 2. The molecule has 0 aromatic heterocycles. The van der Waals surface area contributed by atoms with E-state index in [9.17, 15) is 8.42 Å². The van der Waals surface area contributed by atoms with Crippen LogP contribution >= 0.6 is 15.9 Å². The molecule has 1 rings (SSSR count). The molecule has 0 saturated heterocycles. The molecule has 108 valence electrons. The Hall–Kier alpha value is -0.470. The molecule has 0 bridgehead atoms. The third-order valence-electron chi connectivity index (χ3n) is 2.66. The Kier molecular flexibility index (Phi) is 6.95. The van der Waals surface area contributed by atoms with Crippen molar-refractivity contribution in [3.63, 3.8) is 0 Å². The monoisotopic (exact) mass is 349 g/mol. The second kappa shape index (κ2) is 7.96. The predicted molar refractivity (Wildman–Crippen MR) is 81.1 cm³/mol. The van der Waals surface area contributed by atoms with E-state index in [1.165, 1.54) is 4.31 Å². The fourth-order valence-corrected chi connectivity index (χ4v) is 2.92. The zero-order valence-corrected chi connectivity index (χ0v) is 13.6. The van der Waals surface area contributed by atoms with Crippen LogP contribution in [0, 0.1) is 0 Å². The highest BCUT2D eigenvalue weighted by atomic mass is 79.9. The van der Waals surface area contributed by atoms with Gasteiger partial charge in [0.05, 0.1) is 0 Å². The zero-order chi connectivity index (χ0) is 14.3. The van der Waals surface area contributed by atoms with E-state index >= 15 is 0 Å². The van der Waals surface area contributed by atoms with Gasteiger partial charge in [0.2, 0.25) is 0 Å². The molecule has 0 aliphatic carbocycles. The summed E-state index contributed by atoms with van der Waals surface area (Å²) in [6.07, 6.45) is 0.783. The van der Waals surface area contributed by atoms with E-state index < -0.39 is 10.2 Å². The van der Waals surface area contributed by atoms with E-state index in [1.807, 2.05) is 31.3 Å². The van der Waals surface area contributed by atoms with Gasteiger partial charge < -0.3 is 5.32 Å². The summed E-state index contributed by atoms with van der Waals surface area (Å²) in [5.74, 6) is 0. The minimum absolute atomic E-state index is 0.290. The van der Waals surface area contributed by atoms with Crippen LogP contribution in [0.2, 0.25) is 0 Å². The topological polar surface area (TPSA) is 61.4 Å². The van der Waals surface area contributed by atoms with Crippen LogP contribution < -0.4 is 10.0 Å². The van der Waals surface area contributed by atoms with Crippen molar-refractivity contribution in [3.05, 3.63) is 34.3 Å². The van der Waals surface area contributed by atoms with Crippen LogP contribution in [-0.2, 0) is 16.8 Å². The molecule has 0 heterocycles. The minimum Gasteiger partial charge on any atom is -0.320 e. The van der Waals surface area contributed by atoms with Gasteiger partial charge in [-0.25, -0.2) is 0 Å². The smallest absolute Gasteiger partial charge is 0.279 e. The van der Waals surface area contributed by atoms with Crippen LogP contribution in [-0.4, -0.2) is 39.9 Å². The molecule has 0 saturated carbocycles. The summed E-state index contributed by atoms with van der Waals surface area (Å²) in [4.78, 5) is 0. The van der Waals surface area contributed by atoms with E-state index in [0.717, 1.165) is 23.0 Å². The van der Waals surface area contributed by atoms with E-state index in [4.69, 9.17) is 0 Å². The maximum Gasteiger partial charge on any atom is 0.279 e. The Balaban J connectivity index is 2.50. The molecular weight excluding hydrogens is 330 g/mol. The molecule has 0 fully saturated rings. The summed E-state index contributed by atoms with van der Waals surface area (Å²) in [5, 5.41) is 2.99. The van der Waals surface area contributed by atoms with Gasteiger partial charge in [0.25, 0.3) is 10.2 Å². The second-order valence-corrected chi connectivity index (χ2v) is 7.01. The molecule has 2 N–H and O–H groups in total. The van der Waals surface area contributed by atoms with Crippen molar-refractivity contribution in [2.75, 3.05) is 27.2 Å². The summed E-state index contributed by atoms with van der Waals surface area (Å²) in [5.41, 5.74) is 0.918. The maximum atomic E-state index is 12.0. The van der Waals surface area contributed by atoms with Gasteiger partial charge in [0.15, 0.2) is 0 Å². The molecule has 0 spiro atoms. The lowest BCUT2D eigenvalue weighted by atomic mass is 10.2. The number of nitrogens with zero attached hydrogens (tertiary/aromatic N) is 1. The van der Waals surface area contributed by atoms with E-state index in [-0.39, 0.29) is 6.54 Å². The molecule has 19 heavy (non-hydrogen) atoms. The van der Waals surface area contributed by atoms with Gasteiger partial charge in [-0.2, -0.15) is 17.4 Å². The highest BCUT2D eigenvalue weighted by Crippen LogP contribution is 2.11. The van der Waals surface area contributed by atoms with Crippen LogP contribution in [0.25, 0.3) is 0 Å². The molecule has 5 nitrogen and oxygen atoms in total. The third-order valence-corrected chi connectivity index (χ3v) is 4.66. The molecule has 0 aliphatic heterocycles. The summed E-state index contributed by atoms with van der Waals surface area (Å²) >= 11 is 3.36. The van der Waals surface area contributed by atoms with Crippen molar-refractivity contribution in [2.45, 2.75) is 13.0 Å². The highest BCUT2D eigenvalue weighted by Gasteiger charge is 2.16. The Morgan fingerprint density at radius 2 is 2.11 bits per heavy atom. The molecular formula is C12H20BrN3O2S. The standard InChI is InChI=1S/C12H20BrN3O2S/c1-14-7-4-8-16(2)19(17,18)15-10-11-5-3-6-12(13)9-11/h3,5-6,9,14-15H,4,7-8,10H2,1-2H3. The molecule has 0 atom stereocenters. The van der Waals surface area contributed by atoms with Gasteiger partial charge in [-0.05, 0) is 37.7 Å². The number of hydrogen-bond acceptors (Lipinski definition) is 3. The van der Waals surface area contributed by atoms with Crippen molar-refractivity contribution in [1.82, 2.24) is 14.3 Å². The lowest BCUT2D eigenvalue weighted by molar-refractivity contribution is 0.447. The molecule has 1 aromatic rings. The van der Waals surface area contributed by atoms with Crippen molar-refractivity contribution < 1.29 is 8.42 Å². The molecule has 0 amide bonds. The first-order valence-electron chi connectivity index (χ1n) is 6.05. The molecule has 1 aromatic carbocycles. The molecule has 0 aliphatic rings. The van der Waals surface area contributed by atoms with Crippen LogP contribution in [0.1, 0.15) is 12.0 Å². The number of benzene rings is 1. The average molecular weight is 350 g/mol. The van der Waals surface area contributed by atoms with Gasteiger partial charge in [-0.15, -0.1) is 0 Å². The fraction of sp³-hybridized carbons (Fsp3) is 0.500. The number of halogens is 1. The first-order valence-corrected chi connectivity index (χ1v) is 8.29. The van der Waals surface area contributed by atoms with E-state index in [1.54, 1.807) is 7.05 Å². The Bertz CT molecular complexity index is 494. The van der Waals surface area contributed by atoms with E-state index in [0.29, 0.717) is 6.54 Å². The molecule has 0 radical (unpaired) electrons. The maximum absolute atomic E-state index is 12.0. The summed E-state index contributed by atoms with van der Waals surface area (Å²) < 4.78 is 28.8. The highest BCUT2D eigenvalue weighted by molar-refractivity contribution is 9.10. The van der Waals surface area contributed by atoms with Crippen molar-refractivity contribution in [2.24, 2.45) is 0 Å². The first kappa shape index (κ1) is 16.6. The molecule has 7 heteroatoms. The molecule has 0 unspecified atom stereocenters. The SMILES string of the molecule is CNCCCN(C)S(=O)(=O)NCc1cccc(Br)c1. The van der Waals surface area contributed by atoms with Crippen LogP contribution in [0.5, 0.6) is 0 Å². The second-order valence-electron chi connectivity index (χ2n) is 4.23. The van der Waals surface area contributed by atoms with Crippen LogP contribution in [0.4, 0.5) is 0 Å². The van der Waals surface area contributed by atoms with Gasteiger partial charge >= 0.3 is 0 Å². The van der Waals surface area contributed by atoms with Gasteiger partial charge in [0.1, 0.15) is 0 Å². The minimum atomic E-state index is -3.41. The van der Waals surface area contributed by atoms with Crippen molar-refractivity contribution in [1.29, 1.82) is 0 Å². The lowest BCUT2D eigenvalue weighted by Crippen LogP contribution is -2.38. The quantitative estimate of drug-likeness (QED) is 0.696. The number of hydrogen-bond donors (Lipinski definition) is 2. The van der Waals surface area contributed by atoms with Crippen molar-refractivity contribution >= 4 is 26.1 Å².